The highest BCUT2D eigenvalue weighted by molar-refractivity contribution is 5.83. The van der Waals surface area contributed by atoms with Gasteiger partial charge in [0, 0.05) is 13.0 Å². The number of morpholine rings is 1. The van der Waals surface area contributed by atoms with Crippen LogP contribution in [0.15, 0.2) is 24.3 Å². The lowest BCUT2D eigenvalue weighted by molar-refractivity contribution is -0.158. The van der Waals surface area contributed by atoms with Gasteiger partial charge in [-0.3, -0.25) is 4.79 Å². The number of rotatable bonds is 6. The summed E-state index contributed by atoms with van der Waals surface area (Å²) in [5, 5.41) is 9.07. The molecular formula is C15H18FNO5. The molecule has 1 atom stereocenters. The predicted octanol–water partition coefficient (Wildman–Crippen LogP) is 1.30. The maximum absolute atomic E-state index is 13.3. The summed E-state index contributed by atoms with van der Waals surface area (Å²) in [4.78, 5) is 24.5. The first kappa shape index (κ1) is 16.2. The number of hydrogen-bond acceptors (Lipinski definition) is 4. The molecule has 1 N–H and O–H groups in total. The first-order chi connectivity index (χ1) is 10.6. The zero-order valence-corrected chi connectivity index (χ0v) is 12.0. The lowest BCUT2D eigenvalue weighted by Gasteiger charge is -2.32. The number of benzene rings is 1. The molecule has 1 aromatic carbocycles. The molecule has 6 nitrogen and oxygen atoms in total. The van der Waals surface area contributed by atoms with Crippen molar-refractivity contribution in [2.24, 2.45) is 0 Å². The second kappa shape index (κ2) is 7.74. The molecule has 0 saturated carbocycles. The van der Waals surface area contributed by atoms with E-state index in [1.54, 1.807) is 12.1 Å². The lowest BCUT2D eigenvalue weighted by atomic mass is 10.2. The molecule has 0 radical (unpaired) electrons. The van der Waals surface area contributed by atoms with Gasteiger partial charge in [-0.1, -0.05) is 12.1 Å². The molecule has 1 unspecified atom stereocenters. The Hall–Kier alpha value is -2.15. The Morgan fingerprint density at radius 2 is 2.18 bits per heavy atom. The van der Waals surface area contributed by atoms with Gasteiger partial charge in [-0.05, 0) is 18.6 Å². The number of carboxylic acids is 1. The van der Waals surface area contributed by atoms with E-state index in [9.17, 15) is 14.0 Å². The van der Waals surface area contributed by atoms with Crippen LogP contribution >= 0.6 is 0 Å². The van der Waals surface area contributed by atoms with Crippen molar-refractivity contribution in [2.45, 2.75) is 18.9 Å². The summed E-state index contributed by atoms with van der Waals surface area (Å²) >= 11 is 0. The standard InChI is InChI=1S/C15H18FNO5/c16-11-4-1-2-5-13(11)22-8-3-6-14(18)17-7-9-21-10-12(17)15(19)20/h1-2,4-5,12H,3,6-10H2,(H,19,20). The van der Waals surface area contributed by atoms with Gasteiger partial charge in [0.25, 0.3) is 0 Å². The van der Waals surface area contributed by atoms with Crippen molar-refractivity contribution in [1.82, 2.24) is 4.90 Å². The van der Waals surface area contributed by atoms with E-state index in [0.29, 0.717) is 13.0 Å². The minimum absolute atomic E-state index is 0.00675. The van der Waals surface area contributed by atoms with E-state index < -0.39 is 17.8 Å². The first-order valence-corrected chi connectivity index (χ1v) is 7.07. The Morgan fingerprint density at radius 1 is 1.41 bits per heavy atom. The average molecular weight is 311 g/mol. The van der Waals surface area contributed by atoms with Gasteiger partial charge in [0.05, 0.1) is 19.8 Å². The number of amides is 1. The smallest absolute Gasteiger partial charge is 0.328 e. The summed E-state index contributed by atoms with van der Waals surface area (Å²) in [5.74, 6) is -1.64. The number of carbonyl (C=O) groups is 2. The normalized spacial score (nSPS) is 18.0. The third-order valence-corrected chi connectivity index (χ3v) is 3.36. The van der Waals surface area contributed by atoms with Crippen LogP contribution in [0.5, 0.6) is 5.75 Å². The third kappa shape index (κ3) is 4.17. The molecule has 0 spiro atoms. The number of para-hydroxylation sites is 1. The number of aliphatic carboxylic acids is 1. The van der Waals surface area contributed by atoms with Gasteiger partial charge in [0.1, 0.15) is 0 Å². The molecule has 0 aliphatic carbocycles. The second-order valence-electron chi connectivity index (χ2n) is 4.90. The SMILES string of the molecule is O=C(O)C1COCCN1C(=O)CCCOc1ccccc1F. The van der Waals surface area contributed by atoms with Gasteiger partial charge < -0.3 is 19.5 Å². The fraction of sp³-hybridized carbons (Fsp3) is 0.467. The zero-order chi connectivity index (χ0) is 15.9. The molecule has 2 rings (SSSR count). The predicted molar refractivity (Wildman–Crippen MR) is 75.1 cm³/mol. The van der Waals surface area contributed by atoms with E-state index in [1.165, 1.54) is 17.0 Å². The van der Waals surface area contributed by atoms with Crippen molar-refractivity contribution in [3.05, 3.63) is 30.1 Å². The number of hydrogen-bond donors (Lipinski definition) is 1. The van der Waals surface area contributed by atoms with Crippen LogP contribution < -0.4 is 4.74 Å². The van der Waals surface area contributed by atoms with Crippen LogP contribution in [0.2, 0.25) is 0 Å². The fourth-order valence-corrected chi connectivity index (χ4v) is 2.22. The van der Waals surface area contributed by atoms with Crippen molar-refractivity contribution in [3.8, 4) is 5.75 Å². The minimum atomic E-state index is -1.07. The maximum Gasteiger partial charge on any atom is 0.328 e. The first-order valence-electron chi connectivity index (χ1n) is 7.07. The fourth-order valence-electron chi connectivity index (χ4n) is 2.22. The van der Waals surface area contributed by atoms with E-state index in [-0.39, 0.29) is 37.8 Å². The van der Waals surface area contributed by atoms with Gasteiger partial charge in [-0.25, -0.2) is 9.18 Å². The van der Waals surface area contributed by atoms with Gasteiger partial charge in [0.2, 0.25) is 5.91 Å². The van der Waals surface area contributed by atoms with Crippen LogP contribution in [-0.4, -0.2) is 54.3 Å². The number of nitrogens with zero attached hydrogens (tertiary/aromatic N) is 1. The summed E-state index contributed by atoms with van der Waals surface area (Å²) in [6, 6.07) is 5.10. The summed E-state index contributed by atoms with van der Waals surface area (Å²) in [6.45, 7) is 0.798. The van der Waals surface area contributed by atoms with Crippen LogP contribution in [-0.2, 0) is 14.3 Å². The zero-order valence-electron chi connectivity index (χ0n) is 12.0. The quantitative estimate of drug-likeness (QED) is 0.801. The highest BCUT2D eigenvalue weighted by Crippen LogP contribution is 2.16. The van der Waals surface area contributed by atoms with E-state index in [4.69, 9.17) is 14.6 Å². The topological polar surface area (TPSA) is 76.1 Å². The van der Waals surface area contributed by atoms with Crippen molar-refractivity contribution < 1.29 is 28.6 Å². The Morgan fingerprint density at radius 3 is 2.91 bits per heavy atom. The van der Waals surface area contributed by atoms with Crippen LogP contribution in [0, 0.1) is 5.82 Å². The molecule has 1 aliphatic rings. The van der Waals surface area contributed by atoms with Crippen molar-refractivity contribution in [3.63, 3.8) is 0 Å². The molecule has 7 heteroatoms. The van der Waals surface area contributed by atoms with E-state index in [0.717, 1.165) is 0 Å². The third-order valence-electron chi connectivity index (χ3n) is 3.36. The minimum Gasteiger partial charge on any atom is -0.491 e. The van der Waals surface area contributed by atoms with Crippen molar-refractivity contribution in [1.29, 1.82) is 0 Å². The number of carboxylic acid groups (broad SMARTS) is 1. The maximum atomic E-state index is 13.3. The van der Waals surface area contributed by atoms with E-state index in [2.05, 4.69) is 0 Å². The molecule has 1 aromatic rings. The molecule has 1 fully saturated rings. The van der Waals surface area contributed by atoms with Crippen LogP contribution in [0.1, 0.15) is 12.8 Å². The Bertz CT molecular complexity index is 536. The molecule has 22 heavy (non-hydrogen) atoms. The molecule has 1 heterocycles. The number of ether oxygens (including phenoxy) is 2. The Balaban J connectivity index is 1.77. The Kier molecular flexibility index (Phi) is 5.71. The number of carbonyl (C=O) groups excluding carboxylic acids is 1. The molecular weight excluding hydrogens is 293 g/mol. The highest BCUT2D eigenvalue weighted by Gasteiger charge is 2.32. The molecule has 0 bridgehead atoms. The van der Waals surface area contributed by atoms with Gasteiger partial charge in [-0.15, -0.1) is 0 Å². The average Bonchev–Trinajstić information content (AvgIpc) is 2.52. The summed E-state index contributed by atoms with van der Waals surface area (Å²) in [5.41, 5.74) is 0. The van der Waals surface area contributed by atoms with Gasteiger partial charge in [0.15, 0.2) is 17.6 Å². The van der Waals surface area contributed by atoms with Crippen LogP contribution in [0.4, 0.5) is 4.39 Å². The summed E-state index contributed by atoms with van der Waals surface area (Å²) in [6.07, 6.45) is 0.537. The van der Waals surface area contributed by atoms with Crippen molar-refractivity contribution >= 4 is 11.9 Å². The monoisotopic (exact) mass is 311 g/mol. The lowest BCUT2D eigenvalue weighted by Crippen LogP contribution is -2.52. The molecule has 1 amide bonds. The molecule has 0 aromatic heterocycles. The van der Waals surface area contributed by atoms with Crippen molar-refractivity contribution in [2.75, 3.05) is 26.4 Å². The van der Waals surface area contributed by atoms with Gasteiger partial charge in [-0.2, -0.15) is 0 Å². The summed E-state index contributed by atoms with van der Waals surface area (Å²) in [7, 11) is 0. The van der Waals surface area contributed by atoms with Crippen LogP contribution in [0.25, 0.3) is 0 Å². The summed E-state index contributed by atoms with van der Waals surface area (Å²) < 4.78 is 23.7. The van der Waals surface area contributed by atoms with Gasteiger partial charge >= 0.3 is 5.97 Å². The molecule has 120 valence electrons. The van der Waals surface area contributed by atoms with Crippen LogP contribution in [0.3, 0.4) is 0 Å². The van der Waals surface area contributed by atoms with E-state index in [1.807, 2.05) is 0 Å². The highest BCUT2D eigenvalue weighted by atomic mass is 19.1. The number of halogens is 1. The Labute approximate surface area is 127 Å². The second-order valence-corrected chi connectivity index (χ2v) is 4.90. The molecule has 1 saturated heterocycles. The van der Waals surface area contributed by atoms with E-state index >= 15 is 0 Å². The molecule has 1 aliphatic heterocycles. The largest absolute Gasteiger partial charge is 0.491 e.